The standard InChI is InChI=1S/C22H23BrN2O3/c1-5-14(2)28-21-19(23)12-16(13-20(21)27-4)11-18-15(3)24-25(22(18)26)17-9-7-6-8-10-17/h6-14H,5H2,1-4H3/b18-11+/t14-/m1/s1. The minimum atomic E-state index is -0.154. The lowest BCUT2D eigenvalue weighted by molar-refractivity contribution is -0.114. The van der Waals surface area contributed by atoms with E-state index < -0.39 is 0 Å². The van der Waals surface area contributed by atoms with Crippen molar-refractivity contribution >= 4 is 39.3 Å². The van der Waals surface area contributed by atoms with E-state index in [1.54, 1.807) is 7.11 Å². The zero-order valence-electron chi connectivity index (χ0n) is 16.4. The molecule has 0 unspecified atom stereocenters. The summed E-state index contributed by atoms with van der Waals surface area (Å²) in [6, 6.07) is 13.2. The second-order valence-electron chi connectivity index (χ2n) is 6.57. The number of rotatable bonds is 6. The van der Waals surface area contributed by atoms with Gasteiger partial charge in [0.2, 0.25) is 0 Å². The summed E-state index contributed by atoms with van der Waals surface area (Å²) in [6.07, 6.45) is 2.78. The highest BCUT2D eigenvalue weighted by atomic mass is 79.9. The van der Waals surface area contributed by atoms with Crippen LogP contribution in [-0.4, -0.2) is 24.8 Å². The predicted octanol–water partition coefficient (Wildman–Crippen LogP) is 5.44. The highest BCUT2D eigenvalue weighted by Crippen LogP contribution is 2.38. The molecule has 1 heterocycles. The highest BCUT2D eigenvalue weighted by molar-refractivity contribution is 9.10. The lowest BCUT2D eigenvalue weighted by atomic mass is 10.1. The Balaban J connectivity index is 1.94. The molecule has 2 aromatic rings. The number of nitrogens with zero attached hydrogens (tertiary/aromatic N) is 2. The number of carbonyl (C=O) groups is 1. The molecule has 0 aromatic heterocycles. The maximum absolute atomic E-state index is 12.9. The summed E-state index contributed by atoms with van der Waals surface area (Å²) in [7, 11) is 1.60. The van der Waals surface area contributed by atoms with Gasteiger partial charge in [0.05, 0.1) is 34.7 Å². The van der Waals surface area contributed by atoms with E-state index in [0.29, 0.717) is 22.8 Å². The van der Waals surface area contributed by atoms with Crippen LogP contribution in [0.4, 0.5) is 5.69 Å². The molecule has 0 radical (unpaired) electrons. The number of para-hydroxylation sites is 1. The summed E-state index contributed by atoms with van der Waals surface area (Å²) >= 11 is 3.56. The van der Waals surface area contributed by atoms with Crippen molar-refractivity contribution < 1.29 is 14.3 Å². The third kappa shape index (κ3) is 4.12. The normalized spacial score (nSPS) is 16.3. The summed E-state index contributed by atoms with van der Waals surface area (Å²) in [6.45, 7) is 5.91. The Morgan fingerprint density at radius 2 is 1.96 bits per heavy atom. The Morgan fingerprint density at radius 1 is 1.25 bits per heavy atom. The van der Waals surface area contributed by atoms with Crippen molar-refractivity contribution in [3.05, 3.63) is 58.1 Å². The van der Waals surface area contributed by atoms with E-state index in [1.165, 1.54) is 5.01 Å². The molecule has 0 bridgehead atoms. The smallest absolute Gasteiger partial charge is 0.280 e. The second-order valence-corrected chi connectivity index (χ2v) is 7.42. The topological polar surface area (TPSA) is 51.1 Å². The van der Waals surface area contributed by atoms with Crippen LogP contribution >= 0.6 is 15.9 Å². The van der Waals surface area contributed by atoms with Crippen LogP contribution in [0.15, 0.2) is 57.6 Å². The largest absolute Gasteiger partial charge is 0.493 e. The van der Waals surface area contributed by atoms with Gasteiger partial charge in [0.25, 0.3) is 5.91 Å². The summed E-state index contributed by atoms with van der Waals surface area (Å²) in [4.78, 5) is 12.9. The van der Waals surface area contributed by atoms with E-state index in [2.05, 4.69) is 28.0 Å². The first kappa shape index (κ1) is 20.1. The minimum Gasteiger partial charge on any atom is -0.493 e. The number of methoxy groups -OCH3 is 1. The van der Waals surface area contributed by atoms with E-state index in [4.69, 9.17) is 9.47 Å². The van der Waals surface area contributed by atoms with Crippen molar-refractivity contribution in [3.63, 3.8) is 0 Å². The van der Waals surface area contributed by atoms with Crippen LogP contribution in [0.2, 0.25) is 0 Å². The van der Waals surface area contributed by atoms with Gasteiger partial charge < -0.3 is 9.47 Å². The highest BCUT2D eigenvalue weighted by Gasteiger charge is 2.28. The Labute approximate surface area is 173 Å². The molecule has 0 saturated carbocycles. The van der Waals surface area contributed by atoms with Crippen LogP contribution in [0.3, 0.4) is 0 Å². The van der Waals surface area contributed by atoms with Crippen LogP contribution in [0.5, 0.6) is 11.5 Å². The first-order valence-corrected chi connectivity index (χ1v) is 9.94. The fourth-order valence-electron chi connectivity index (χ4n) is 2.82. The molecule has 1 aliphatic heterocycles. The van der Waals surface area contributed by atoms with E-state index in [1.807, 2.05) is 62.4 Å². The lowest BCUT2D eigenvalue weighted by Crippen LogP contribution is -2.21. The van der Waals surface area contributed by atoms with Gasteiger partial charge in [-0.15, -0.1) is 0 Å². The maximum atomic E-state index is 12.9. The number of hydrogen-bond donors (Lipinski definition) is 0. The van der Waals surface area contributed by atoms with Crippen molar-refractivity contribution in [1.29, 1.82) is 0 Å². The second kappa shape index (κ2) is 8.61. The molecular weight excluding hydrogens is 420 g/mol. The molecule has 1 amide bonds. The molecule has 5 nitrogen and oxygen atoms in total. The third-order valence-electron chi connectivity index (χ3n) is 4.52. The first-order valence-electron chi connectivity index (χ1n) is 9.15. The van der Waals surface area contributed by atoms with Crippen LogP contribution < -0.4 is 14.5 Å². The summed E-state index contributed by atoms with van der Waals surface area (Å²) in [5, 5.41) is 5.84. The molecule has 146 valence electrons. The van der Waals surface area contributed by atoms with E-state index in [0.717, 1.165) is 22.1 Å². The average molecular weight is 443 g/mol. The van der Waals surface area contributed by atoms with Crippen molar-refractivity contribution in [2.45, 2.75) is 33.3 Å². The quantitative estimate of drug-likeness (QED) is 0.559. The molecular formula is C22H23BrN2O3. The number of benzene rings is 2. The first-order chi connectivity index (χ1) is 13.4. The van der Waals surface area contributed by atoms with Gasteiger partial charge in [-0.3, -0.25) is 4.79 Å². The predicted molar refractivity (Wildman–Crippen MR) is 116 cm³/mol. The molecule has 0 saturated heterocycles. The van der Waals surface area contributed by atoms with Crippen LogP contribution in [-0.2, 0) is 4.79 Å². The van der Waals surface area contributed by atoms with Gasteiger partial charge in [-0.25, -0.2) is 0 Å². The molecule has 0 fully saturated rings. The van der Waals surface area contributed by atoms with Gasteiger partial charge in [-0.2, -0.15) is 10.1 Å². The molecule has 0 aliphatic carbocycles. The van der Waals surface area contributed by atoms with Crippen LogP contribution in [0.25, 0.3) is 6.08 Å². The molecule has 3 rings (SSSR count). The molecule has 1 aliphatic rings. The Morgan fingerprint density at radius 3 is 2.61 bits per heavy atom. The third-order valence-corrected chi connectivity index (χ3v) is 5.11. The van der Waals surface area contributed by atoms with Crippen molar-refractivity contribution in [2.75, 3.05) is 12.1 Å². The van der Waals surface area contributed by atoms with Crippen molar-refractivity contribution in [1.82, 2.24) is 0 Å². The maximum Gasteiger partial charge on any atom is 0.280 e. The number of ether oxygens (including phenoxy) is 2. The SMILES string of the molecule is CC[C@@H](C)Oc1c(Br)cc(/C=C2/C(=O)N(c3ccccc3)N=C2C)cc1OC. The molecule has 1 atom stereocenters. The van der Waals surface area contributed by atoms with E-state index >= 15 is 0 Å². The summed E-state index contributed by atoms with van der Waals surface area (Å²) in [5.41, 5.74) is 2.79. The van der Waals surface area contributed by atoms with Gasteiger partial charge in [0.1, 0.15) is 0 Å². The van der Waals surface area contributed by atoms with Gasteiger partial charge in [-0.05, 0) is 72.1 Å². The Kier molecular flexibility index (Phi) is 6.19. The summed E-state index contributed by atoms with van der Waals surface area (Å²) < 4.78 is 12.3. The van der Waals surface area contributed by atoms with Crippen molar-refractivity contribution in [3.8, 4) is 11.5 Å². The van der Waals surface area contributed by atoms with Gasteiger partial charge in [0, 0.05) is 0 Å². The number of amides is 1. The van der Waals surface area contributed by atoms with Crippen molar-refractivity contribution in [2.24, 2.45) is 5.10 Å². The van der Waals surface area contributed by atoms with E-state index in [9.17, 15) is 4.79 Å². The Hall–Kier alpha value is -2.60. The molecule has 0 N–H and O–H groups in total. The summed E-state index contributed by atoms with van der Waals surface area (Å²) in [5.74, 6) is 1.12. The number of hydrogen-bond acceptors (Lipinski definition) is 4. The fourth-order valence-corrected chi connectivity index (χ4v) is 3.37. The van der Waals surface area contributed by atoms with Gasteiger partial charge in [-0.1, -0.05) is 25.1 Å². The number of halogens is 1. The molecule has 6 heteroatoms. The lowest BCUT2D eigenvalue weighted by Gasteiger charge is -2.17. The number of carbonyl (C=O) groups excluding carboxylic acids is 1. The zero-order valence-corrected chi connectivity index (χ0v) is 18.0. The number of hydrazone groups is 1. The average Bonchev–Trinajstić information content (AvgIpc) is 2.98. The monoisotopic (exact) mass is 442 g/mol. The van der Waals surface area contributed by atoms with Crippen LogP contribution in [0, 0.1) is 0 Å². The molecule has 28 heavy (non-hydrogen) atoms. The van der Waals surface area contributed by atoms with Gasteiger partial charge in [0.15, 0.2) is 11.5 Å². The van der Waals surface area contributed by atoms with E-state index in [-0.39, 0.29) is 12.0 Å². The Bertz CT molecular complexity index is 938. The number of anilines is 1. The molecule has 2 aromatic carbocycles. The zero-order chi connectivity index (χ0) is 20.3. The van der Waals surface area contributed by atoms with Gasteiger partial charge >= 0.3 is 0 Å². The fraction of sp³-hybridized carbons (Fsp3) is 0.273. The molecule has 0 spiro atoms. The van der Waals surface area contributed by atoms with Crippen LogP contribution in [0.1, 0.15) is 32.8 Å². The minimum absolute atomic E-state index is 0.0691.